The van der Waals surface area contributed by atoms with Crippen molar-refractivity contribution in [1.82, 2.24) is 14.5 Å². The molecule has 0 bridgehead atoms. The molecule has 5 rings (SSSR count). The number of allylic oxidation sites excluding steroid dienone is 1. The Morgan fingerprint density at radius 3 is 2.50 bits per heavy atom. The van der Waals surface area contributed by atoms with Crippen molar-refractivity contribution >= 4 is 74.7 Å². The summed E-state index contributed by atoms with van der Waals surface area (Å²) in [6, 6.07) is 2.65. The Hall–Kier alpha value is -3.62. The molecule has 2 aliphatic heterocycles. The van der Waals surface area contributed by atoms with Gasteiger partial charge in [0.2, 0.25) is 5.91 Å². The lowest BCUT2D eigenvalue weighted by atomic mass is 9.88. The molecule has 1 amide bonds. The molecular weight excluding hydrogens is 677 g/mol. The average molecular weight is 706 g/mol. The number of aliphatic imine (C=N–C) groups is 1. The van der Waals surface area contributed by atoms with E-state index in [0.29, 0.717) is 24.2 Å². The largest absolute Gasteiger partial charge is 0.505 e. The predicted molar refractivity (Wildman–Crippen MR) is 181 cm³/mol. The van der Waals surface area contributed by atoms with Crippen LogP contribution >= 0.6 is 46.4 Å². The molecule has 4 heterocycles. The smallest absolute Gasteiger partial charge is 0.272 e. The highest BCUT2D eigenvalue weighted by atomic mass is 35.5. The summed E-state index contributed by atoms with van der Waals surface area (Å²) in [5.74, 6) is -2.31. The van der Waals surface area contributed by atoms with E-state index in [2.05, 4.69) is 17.6 Å². The zero-order valence-corrected chi connectivity index (χ0v) is 28.3. The number of aromatic hydroxyl groups is 1. The molecule has 0 radical (unpaired) electrons. The van der Waals surface area contributed by atoms with E-state index < -0.39 is 43.8 Å². The molecular formula is C32H29Cl4FN6O3. The average Bonchev–Trinajstić information content (AvgIpc) is 3.02. The highest BCUT2D eigenvalue weighted by molar-refractivity contribution is 6.46. The van der Waals surface area contributed by atoms with Gasteiger partial charge in [-0.15, -0.1) is 0 Å². The van der Waals surface area contributed by atoms with Gasteiger partial charge in [-0.1, -0.05) is 79.8 Å². The summed E-state index contributed by atoms with van der Waals surface area (Å²) >= 11 is 25.3. The van der Waals surface area contributed by atoms with Crippen molar-refractivity contribution in [2.75, 3.05) is 24.5 Å². The van der Waals surface area contributed by atoms with Crippen LogP contribution < -0.4 is 10.5 Å². The Morgan fingerprint density at radius 1 is 1.20 bits per heavy atom. The molecule has 1 N–H and O–H groups in total. The number of nitriles is 1. The maximum absolute atomic E-state index is 15.7. The molecule has 1 aromatic carbocycles. The van der Waals surface area contributed by atoms with Crippen LogP contribution in [0.4, 0.5) is 10.1 Å². The van der Waals surface area contributed by atoms with Crippen LogP contribution in [0.5, 0.6) is 5.75 Å². The van der Waals surface area contributed by atoms with Crippen molar-refractivity contribution in [3.63, 3.8) is 0 Å². The Morgan fingerprint density at radius 2 is 1.89 bits per heavy atom. The van der Waals surface area contributed by atoms with Crippen LogP contribution in [-0.2, 0) is 4.79 Å². The fourth-order valence-corrected chi connectivity index (χ4v) is 7.08. The zero-order valence-electron chi connectivity index (χ0n) is 25.3. The highest BCUT2D eigenvalue weighted by Gasteiger charge is 2.36. The topological polar surface area (TPSA) is 115 Å². The number of phenolic OH excluding ortho intramolecular Hbond substituents is 1. The number of amides is 1. The fourth-order valence-electron chi connectivity index (χ4n) is 6.16. The molecule has 0 saturated carbocycles. The van der Waals surface area contributed by atoms with E-state index in [9.17, 15) is 20.0 Å². The Bertz CT molecular complexity index is 1940. The third-order valence-electron chi connectivity index (χ3n) is 8.38. The Kier molecular flexibility index (Phi) is 9.45. The first kappa shape index (κ1) is 33.7. The Balaban J connectivity index is 1.89. The number of phenols is 1. The third kappa shape index (κ3) is 5.43. The summed E-state index contributed by atoms with van der Waals surface area (Å²) < 4.78 is 17.1. The molecule has 0 aliphatic carbocycles. The summed E-state index contributed by atoms with van der Waals surface area (Å²) in [7, 11) is 0. The predicted octanol–water partition coefficient (Wildman–Crippen LogP) is 7.42. The molecule has 0 spiro atoms. The minimum absolute atomic E-state index is 0.0807. The van der Waals surface area contributed by atoms with Gasteiger partial charge in [0.05, 0.1) is 38.1 Å². The molecule has 2 unspecified atom stereocenters. The monoisotopic (exact) mass is 704 g/mol. The van der Waals surface area contributed by atoms with Crippen LogP contribution in [0.1, 0.15) is 39.3 Å². The van der Waals surface area contributed by atoms with Gasteiger partial charge in [-0.25, -0.2) is 9.37 Å². The second kappa shape index (κ2) is 12.9. The Labute approximate surface area is 284 Å². The fraction of sp³-hybridized carbons (Fsp3) is 0.344. The molecule has 1 saturated heterocycles. The van der Waals surface area contributed by atoms with E-state index in [1.54, 1.807) is 11.1 Å². The SMILES string of the molecule is C=CC(=O)N1CCN(c2c(C#N)c(=O)n(C3C(C(C)C)=NC=CC3C)c3nc(-c4c(F)c(Cl)c(Cl)c(O)c4Cl)c(Cl)cc23)C[C@H]1C. The maximum Gasteiger partial charge on any atom is 0.272 e. The van der Waals surface area contributed by atoms with Gasteiger partial charge in [0.15, 0.2) is 11.6 Å². The van der Waals surface area contributed by atoms with E-state index in [1.165, 1.54) is 16.7 Å². The molecule has 9 nitrogen and oxygen atoms in total. The summed E-state index contributed by atoms with van der Waals surface area (Å²) in [6.45, 7) is 12.1. The first-order chi connectivity index (χ1) is 21.7. The van der Waals surface area contributed by atoms with Crippen molar-refractivity contribution in [2.24, 2.45) is 16.8 Å². The van der Waals surface area contributed by atoms with Gasteiger partial charge < -0.3 is 14.9 Å². The number of benzene rings is 1. The maximum atomic E-state index is 15.7. The second-order valence-electron chi connectivity index (χ2n) is 11.6. The number of halogens is 5. The standard InChI is InChI=1S/C32H29Cl4FN6O3/c1-6-20(44)42-10-9-41(13-16(42)5)29-17-11-19(33)27(21-22(34)30(45)24(36)23(35)25(21)37)40-31(17)43(32(46)18(29)12-38)28-15(4)7-8-39-26(28)14(2)3/h6-8,11,14-16,28,45H,1,9-10,13H2,2-5H3/t15?,16-,28?/m1/s1. The van der Waals surface area contributed by atoms with Gasteiger partial charge in [-0.3, -0.25) is 19.1 Å². The number of aromatic nitrogens is 2. The summed E-state index contributed by atoms with van der Waals surface area (Å²) in [5, 5.41) is 19.7. The highest BCUT2D eigenvalue weighted by Crippen LogP contribution is 2.48. The number of pyridine rings is 2. The van der Waals surface area contributed by atoms with Crippen molar-refractivity contribution in [3.8, 4) is 23.1 Å². The number of carbonyl (C=O) groups excluding carboxylic acids is 1. The molecule has 2 aliphatic rings. The minimum atomic E-state index is -1.07. The van der Waals surface area contributed by atoms with Crippen LogP contribution in [-0.4, -0.2) is 56.9 Å². The third-order valence-corrected chi connectivity index (χ3v) is 9.86. The summed E-state index contributed by atoms with van der Waals surface area (Å²) in [6.07, 6.45) is 4.77. The number of rotatable bonds is 5. The molecule has 1 fully saturated rings. The molecule has 2 aromatic heterocycles. The van der Waals surface area contributed by atoms with E-state index in [0.717, 1.165) is 0 Å². The molecule has 3 aromatic rings. The van der Waals surface area contributed by atoms with E-state index >= 15 is 4.39 Å². The van der Waals surface area contributed by atoms with Crippen LogP contribution in [0.15, 0.2) is 40.8 Å². The van der Waals surface area contributed by atoms with Crippen molar-refractivity contribution in [2.45, 2.75) is 39.8 Å². The second-order valence-corrected chi connectivity index (χ2v) is 13.1. The number of carbonyl (C=O) groups is 1. The summed E-state index contributed by atoms with van der Waals surface area (Å²) in [5.41, 5.74) is -0.354. The van der Waals surface area contributed by atoms with Gasteiger partial charge in [-0.05, 0) is 25.0 Å². The normalized spacial score (nSPS) is 19.8. The van der Waals surface area contributed by atoms with Crippen LogP contribution in [0.3, 0.4) is 0 Å². The first-order valence-corrected chi connectivity index (χ1v) is 15.9. The van der Waals surface area contributed by atoms with Gasteiger partial charge in [0.1, 0.15) is 22.3 Å². The van der Waals surface area contributed by atoms with E-state index in [1.807, 2.05) is 38.7 Å². The molecule has 46 heavy (non-hydrogen) atoms. The molecule has 240 valence electrons. The summed E-state index contributed by atoms with van der Waals surface area (Å²) in [4.78, 5) is 39.8. The quantitative estimate of drug-likeness (QED) is 0.168. The number of piperazine rings is 1. The molecule has 3 atom stereocenters. The number of anilines is 1. The van der Waals surface area contributed by atoms with Crippen molar-refractivity contribution in [3.05, 3.63) is 72.8 Å². The molecule has 14 heteroatoms. The first-order valence-electron chi connectivity index (χ1n) is 14.4. The van der Waals surface area contributed by atoms with Crippen molar-refractivity contribution in [1.29, 1.82) is 5.26 Å². The van der Waals surface area contributed by atoms with E-state index in [4.69, 9.17) is 51.4 Å². The lowest BCUT2D eigenvalue weighted by Crippen LogP contribution is -2.54. The lowest BCUT2D eigenvalue weighted by Gasteiger charge is -2.41. The zero-order chi connectivity index (χ0) is 33.8. The number of fused-ring (bicyclic) bond motifs is 1. The number of hydrogen-bond acceptors (Lipinski definition) is 7. The van der Waals surface area contributed by atoms with Gasteiger partial charge in [0.25, 0.3) is 5.56 Å². The number of hydrogen-bond donors (Lipinski definition) is 1. The van der Waals surface area contributed by atoms with Crippen molar-refractivity contribution < 1.29 is 14.3 Å². The van der Waals surface area contributed by atoms with Gasteiger partial charge in [-0.2, -0.15) is 5.26 Å². The minimum Gasteiger partial charge on any atom is -0.505 e. The van der Waals surface area contributed by atoms with Gasteiger partial charge in [0, 0.05) is 48.9 Å². The van der Waals surface area contributed by atoms with E-state index in [-0.39, 0.29) is 57.9 Å². The lowest BCUT2D eigenvalue weighted by molar-refractivity contribution is -0.128. The van der Waals surface area contributed by atoms with Gasteiger partial charge >= 0.3 is 0 Å². The van der Waals surface area contributed by atoms with Crippen LogP contribution in [0.2, 0.25) is 20.1 Å². The number of nitrogens with zero attached hydrogens (tertiary/aromatic N) is 6. The van der Waals surface area contributed by atoms with Crippen LogP contribution in [0.25, 0.3) is 22.3 Å². The van der Waals surface area contributed by atoms with Crippen LogP contribution in [0, 0.1) is 29.0 Å².